The molecule has 0 spiro atoms. The molecule has 154 valence electrons. The molecule has 1 atom stereocenters. The van der Waals surface area contributed by atoms with Crippen LogP contribution in [0.5, 0.6) is 5.75 Å². The highest BCUT2D eigenvalue weighted by Crippen LogP contribution is 2.45. The molecule has 2 N–H and O–H groups in total. The normalized spacial score (nSPS) is 16.6. The zero-order chi connectivity index (χ0) is 20.7. The molecule has 1 amide bonds. The summed E-state index contributed by atoms with van der Waals surface area (Å²) < 4.78 is 5.46. The minimum atomic E-state index is -1.09. The lowest BCUT2D eigenvalue weighted by atomic mass is 9.65. The van der Waals surface area contributed by atoms with Crippen LogP contribution in [0.25, 0.3) is 0 Å². The van der Waals surface area contributed by atoms with E-state index in [1.54, 1.807) is 0 Å². The maximum Gasteiger partial charge on any atom is 0.404 e. The first-order valence-electron chi connectivity index (χ1n) is 10.3. The van der Waals surface area contributed by atoms with Gasteiger partial charge in [0.25, 0.3) is 0 Å². The number of esters is 1. The Hall–Kier alpha value is -2.82. The van der Waals surface area contributed by atoms with Gasteiger partial charge in [-0.2, -0.15) is 0 Å². The first kappa shape index (κ1) is 20.9. The molecule has 1 fully saturated rings. The number of carbonyl (C=O) groups is 2. The minimum Gasteiger partial charge on any atom is -0.465 e. The molecule has 0 bridgehead atoms. The van der Waals surface area contributed by atoms with Crippen molar-refractivity contribution in [1.82, 2.24) is 5.32 Å². The molecule has 5 nitrogen and oxygen atoms in total. The van der Waals surface area contributed by atoms with Crippen molar-refractivity contribution in [3.05, 3.63) is 65.7 Å². The van der Waals surface area contributed by atoms with Gasteiger partial charge in [-0.15, -0.1) is 0 Å². The fourth-order valence-electron chi connectivity index (χ4n) is 4.29. The average Bonchev–Trinajstić information content (AvgIpc) is 2.74. The Balaban J connectivity index is 1.68. The summed E-state index contributed by atoms with van der Waals surface area (Å²) in [4.78, 5) is 22.7. The summed E-state index contributed by atoms with van der Waals surface area (Å²) in [7, 11) is 0. The molecule has 0 radical (unpaired) electrons. The van der Waals surface area contributed by atoms with Gasteiger partial charge in [-0.1, -0.05) is 68.7 Å². The summed E-state index contributed by atoms with van der Waals surface area (Å²) in [6, 6.07) is 18.6. The zero-order valence-corrected chi connectivity index (χ0v) is 16.9. The monoisotopic (exact) mass is 395 g/mol. The number of carbonyl (C=O) groups excluding carboxylic acids is 1. The summed E-state index contributed by atoms with van der Waals surface area (Å²) in [5.41, 5.74) is 2.64. The highest BCUT2D eigenvalue weighted by Gasteiger charge is 2.35. The van der Waals surface area contributed by atoms with Crippen molar-refractivity contribution in [3.63, 3.8) is 0 Å². The SMILES string of the molecule is CC(CNC(=O)O)CC(=O)Oc1ccc(C2(c3ccccc3)CCCCC2)cc1. The molecular weight excluding hydrogens is 366 g/mol. The van der Waals surface area contributed by atoms with Crippen molar-refractivity contribution in [3.8, 4) is 5.75 Å². The number of hydrogen-bond acceptors (Lipinski definition) is 3. The zero-order valence-electron chi connectivity index (χ0n) is 16.9. The molecule has 1 aliphatic rings. The third-order valence-corrected chi connectivity index (χ3v) is 5.79. The van der Waals surface area contributed by atoms with Crippen LogP contribution in [0.3, 0.4) is 0 Å². The summed E-state index contributed by atoms with van der Waals surface area (Å²) in [5.74, 6) is 0.0468. The van der Waals surface area contributed by atoms with Crippen LogP contribution in [0.2, 0.25) is 0 Å². The Kier molecular flexibility index (Phi) is 6.91. The first-order valence-corrected chi connectivity index (χ1v) is 10.3. The van der Waals surface area contributed by atoms with Crippen LogP contribution in [0.4, 0.5) is 4.79 Å². The van der Waals surface area contributed by atoms with Crippen LogP contribution >= 0.6 is 0 Å². The predicted octanol–water partition coefficient (Wildman–Crippen LogP) is 5.14. The van der Waals surface area contributed by atoms with Crippen LogP contribution in [0, 0.1) is 5.92 Å². The third kappa shape index (κ3) is 5.37. The summed E-state index contributed by atoms with van der Waals surface area (Å²) >= 11 is 0. The van der Waals surface area contributed by atoms with Crippen molar-refractivity contribution in [2.75, 3.05) is 6.54 Å². The Morgan fingerprint density at radius 1 is 1.00 bits per heavy atom. The van der Waals surface area contributed by atoms with Gasteiger partial charge in [0.05, 0.1) is 6.42 Å². The second kappa shape index (κ2) is 9.59. The average molecular weight is 395 g/mol. The van der Waals surface area contributed by atoms with Crippen molar-refractivity contribution >= 4 is 12.1 Å². The van der Waals surface area contributed by atoms with E-state index in [2.05, 4.69) is 47.8 Å². The highest BCUT2D eigenvalue weighted by atomic mass is 16.5. The summed E-state index contributed by atoms with van der Waals surface area (Å²) in [6.45, 7) is 2.04. The number of benzene rings is 2. The molecule has 1 saturated carbocycles. The fraction of sp³-hybridized carbons (Fsp3) is 0.417. The van der Waals surface area contributed by atoms with Gasteiger partial charge < -0.3 is 15.2 Å². The van der Waals surface area contributed by atoms with E-state index in [0.29, 0.717) is 5.75 Å². The maximum atomic E-state index is 12.1. The van der Waals surface area contributed by atoms with Crippen LogP contribution in [-0.2, 0) is 10.2 Å². The van der Waals surface area contributed by atoms with Crippen LogP contribution in [-0.4, -0.2) is 23.7 Å². The van der Waals surface area contributed by atoms with Crippen LogP contribution in [0.15, 0.2) is 54.6 Å². The topological polar surface area (TPSA) is 75.6 Å². The van der Waals surface area contributed by atoms with Crippen molar-refractivity contribution < 1.29 is 19.4 Å². The second-order valence-corrected chi connectivity index (χ2v) is 8.00. The Morgan fingerprint density at radius 3 is 2.24 bits per heavy atom. The van der Waals surface area contributed by atoms with E-state index in [4.69, 9.17) is 9.84 Å². The van der Waals surface area contributed by atoms with Crippen LogP contribution in [0.1, 0.15) is 56.6 Å². The quantitative estimate of drug-likeness (QED) is 0.503. The standard InChI is InChI=1S/C24H29NO4/c1-18(17-25-23(27)28)16-22(26)29-21-12-10-20(11-13-21)24(14-6-3-7-15-24)19-8-4-2-5-9-19/h2,4-5,8-13,18,25H,3,6-7,14-17H2,1H3,(H,27,28). The van der Waals surface area contributed by atoms with Gasteiger partial charge in [0, 0.05) is 12.0 Å². The van der Waals surface area contributed by atoms with Crippen molar-refractivity contribution in [2.24, 2.45) is 5.92 Å². The number of nitrogens with one attached hydrogen (secondary N) is 1. The fourth-order valence-corrected chi connectivity index (χ4v) is 4.29. The van der Waals surface area contributed by atoms with Gasteiger partial charge in [0.1, 0.15) is 5.75 Å². The Bertz CT molecular complexity index is 811. The van der Waals surface area contributed by atoms with E-state index in [9.17, 15) is 9.59 Å². The molecule has 0 aliphatic heterocycles. The van der Waals surface area contributed by atoms with E-state index in [-0.39, 0.29) is 30.3 Å². The van der Waals surface area contributed by atoms with E-state index in [0.717, 1.165) is 12.8 Å². The Labute approximate surface area is 172 Å². The van der Waals surface area contributed by atoms with Gasteiger partial charge in [-0.25, -0.2) is 4.79 Å². The molecule has 2 aromatic rings. The molecule has 0 saturated heterocycles. The highest BCUT2D eigenvalue weighted by molar-refractivity contribution is 5.72. The van der Waals surface area contributed by atoms with Gasteiger partial charge in [-0.05, 0) is 42.0 Å². The molecule has 1 unspecified atom stereocenters. The molecule has 0 aromatic heterocycles. The molecule has 29 heavy (non-hydrogen) atoms. The van der Waals surface area contributed by atoms with Gasteiger partial charge >= 0.3 is 12.1 Å². The van der Waals surface area contributed by atoms with Crippen LogP contribution < -0.4 is 10.1 Å². The number of carboxylic acid groups (broad SMARTS) is 1. The van der Waals surface area contributed by atoms with E-state index < -0.39 is 6.09 Å². The number of amides is 1. The molecular formula is C24H29NO4. The number of rotatable bonds is 7. The van der Waals surface area contributed by atoms with Gasteiger partial charge in [-0.3, -0.25) is 4.79 Å². The summed E-state index contributed by atoms with van der Waals surface area (Å²) in [5, 5.41) is 10.9. The number of hydrogen-bond donors (Lipinski definition) is 2. The lowest BCUT2D eigenvalue weighted by molar-refractivity contribution is -0.135. The third-order valence-electron chi connectivity index (χ3n) is 5.79. The van der Waals surface area contributed by atoms with E-state index in [1.807, 2.05) is 19.1 Å². The summed E-state index contributed by atoms with van der Waals surface area (Å²) in [6.07, 6.45) is 5.04. The maximum absolute atomic E-state index is 12.1. The van der Waals surface area contributed by atoms with Gasteiger partial charge in [0.2, 0.25) is 0 Å². The largest absolute Gasteiger partial charge is 0.465 e. The predicted molar refractivity (Wildman–Crippen MR) is 112 cm³/mol. The first-order chi connectivity index (χ1) is 14.0. The number of ether oxygens (including phenoxy) is 1. The molecule has 3 rings (SSSR count). The molecule has 2 aromatic carbocycles. The Morgan fingerprint density at radius 2 is 1.62 bits per heavy atom. The molecule has 0 heterocycles. The van der Waals surface area contributed by atoms with Crippen molar-refractivity contribution in [2.45, 2.75) is 50.9 Å². The lowest BCUT2D eigenvalue weighted by Crippen LogP contribution is -2.30. The molecule has 1 aliphatic carbocycles. The molecule has 5 heteroatoms. The lowest BCUT2D eigenvalue weighted by Gasteiger charge is -2.38. The van der Waals surface area contributed by atoms with Gasteiger partial charge in [0.15, 0.2) is 0 Å². The van der Waals surface area contributed by atoms with Crippen molar-refractivity contribution in [1.29, 1.82) is 0 Å². The van der Waals surface area contributed by atoms with E-state index in [1.165, 1.54) is 30.4 Å². The smallest absolute Gasteiger partial charge is 0.404 e. The second-order valence-electron chi connectivity index (χ2n) is 8.00. The minimum absolute atomic E-state index is 0.0268. The van der Waals surface area contributed by atoms with E-state index >= 15 is 0 Å².